The van der Waals surface area contributed by atoms with Gasteiger partial charge in [0.25, 0.3) is 0 Å². The first-order valence-electron chi connectivity index (χ1n) is 28.4. The van der Waals surface area contributed by atoms with Crippen molar-refractivity contribution in [3.05, 3.63) is 212 Å². The molecule has 0 N–H and O–H groups in total. The highest BCUT2D eigenvalue weighted by Crippen LogP contribution is 2.41. The van der Waals surface area contributed by atoms with E-state index in [1.165, 1.54) is 9.13 Å². The molecule has 3 nitrogen and oxygen atoms in total. The van der Waals surface area contributed by atoms with Crippen LogP contribution in [0.4, 0.5) is 0 Å². The van der Waals surface area contributed by atoms with Crippen LogP contribution < -0.4 is 0 Å². The second-order valence-electron chi connectivity index (χ2n) is 13.3. The molecule has 0 radical (unpaired) electrons. The number of nitrogens with zero attached hydrogens (tertiary/aromatic N) is 3. The van der Waals surface area contributed by atoms with Crippen molar-refractivity contribution in [3.8, 4) is 39.3 Å². The van der Waals surface area contributed by atoms with E-state index < -0.39 is 166 Å². The zero-order valence-electron chi connectivity index (χ0n) is 50.4. The van der Waals surface area contributed by atoms with E-state index in [4.69, 9.17) is 11.0 Å². The van der Waals surface area contributed by atoms with Crippen LogP contribution in [0.5, 0.6) is 0 Å². The zero-order valence-corrected chi connectivity index (χ0v) is 29.4. The molecule has 0 amide bonds. The van der Waals surface area contributed by atoms with E-state index in [1.54, 1.807) is 66.7 Å². The summed E-state index contributed by atoms with van der Waals surface area (Å²) in [5, 5.41) is -1.89. The summed E-state index contributed by atoms with van der Waals surface area (Å²) in [7, 11) is 0. The Bertz CT molecular complexity index is 4740. The van der Waals surface area contributed by atoms with Crippen LogP contribution in [0, 0.1) is 0 Å². The van der Waals surface area contributed by atoms with Gasteiger partial charge in [-0.1, -0.05) is 133 Å². The number of rotatable bonds is 5. The van der Waals surface area contributed by atoms with Crippen LogP contribution in [0.2, 0.25) is 0 Å². The van der Waals surface area contributed by atoms with Gasteiger partial charge in [0.2, 0.25) is 0 Å². The molecular weight excluding hydrogens is 691 g/mol. The SMILES string of the molecule is [2H]c1c([2H])c([2H])c2c(c1[2H])c1c([2H])c(-c3c([2H])c([2H])c4c(c3[2H])c3c([2H])c([2H])c([2H])c([2H])c3n4-c3c([2H])c([2H])c4c(c3[2H])c3c([2H])c([2H])c([2H])c([2H])c3n4-c3ccccc3-c3ccccc3)c([2H])c([2H])c1n2-c1ccccc1. The van der Waals surface area contributed by atoms with Crippen LogP contribution >= 0.6 is 0 Å². The van der Waals surface area contributed by atoms with Gasteiger partial charge in [-0.25, -0.2) is 0 Å². The Morgan fingerprint density at radius 3 is 1.35 bits per heavy atom. The van der Waals surface area contributed by atoms with Crippen molar-refractivity contribution in [2.45, 2.75) is 0 Å². The van der Waals surface area contributed by atoms with E-state index in [0.717, 1.165) is 4.57 Å². The molecular formula is C54H35N3. The first kappa shape index (κ1) is 17.5. The average Bonchev–Trinajstić information content (AvgIpc) is 4.23. The minimum absolute atomic E-state index is 0.129. The van der Waals surface area contributed by atoms with Crippen LogP contribution in [0.3, 0.4) is 0 Å². The number of benzene rings is 9. The Labute approximate surface area is 359 Å². The van der Waals surface area contributed by atoms with E-state index >= 15 is 0 Å². The summed E-state index contributed by atoms with van der Waals surface area (Å²) in [5.41, 5.74) is -1.63. The molecule has 0 saturated carbocycles. The van der Waals surface area contributed by atoms with Crippen molar-refractivity contribution in [1.29, 1.82) is 0 Å². The van der Waals surface area contributed by atoms with E-state index in [1.807, 2.05) is 18.2 Å². The van der Waals surface area contributed by atoms with E-state index in [2.05, 4.69) is 0 Å². The first-order valence-corrected chi connectivity index (χ1v) is 17.9. The van der Waals surface area contributed by atoms with Crippen molar-refractivity contribution in [2.75, 3.05) is 0 Å². The number of hydrogen-bond donors (Lipinski definition) is 0. The number of fused-ring (bicyclic) bond motifs is 9. The van der Waals surface area contributed by atoms with Crippen LogP contribution in [0.25, 0.3) is 105 Å². The van der Waals surface area contributed by atoms with Gasteiger partial charge in [-0.3, -0.25) is 0 Å². The van der Waals surface area contributed by atoms with Gasteiger partial charge in [-0.05, 0) is 95.3 Å². The average molecular weight is 747 g/mol. The van der Waals surface area contributed by atoms with Gasteiger partial charge in [0, 0.05) is 49.3 Å². The molecule has 9 aromatic carbocycles. The maximum absolute atomic E-state index is 10.1. The molecule has 12 aromatic rings. The molecule has 3 heterocycles. The van der Waals surface area contributed by atoms with Gasteiger partial charge in [0.15, 0.2) is 0 Å². The van der Waals surface area contributed by atoms with E-state index in [-0.39, 0.29) is 43.6 Å². The molecule has 3 heteroatoms. The van der Waals surface area contributed by atoms with Crippen molar-refractivity contribution in [2.24, 2.45) is 0 Å². The largest absolute Gasteiger partial charge is 0.309 e. The van der Waals surface area contributed by atoms with Crippen molar-refractivity contribution >= 4 is 65.4 Å². The third-order valence-electron chi connectivity index (χ3n) is 10.2. The lowest BCUT2D eigenvalue weighted by atomic mass is 10.0. The third-order valence-corrected chi connectivity index (χ3v) is 10.2. The molecule has 0 bridgehead atoms. The minimum Gasteiger partial charge on any atom is -0.309 e. The van der Waals surface area contributed by atoms with Gasteiger partial charge >= 0.3 is 0 Å². The second-order valence-corrected chi connectivity index (χ2v) is 13.3. The molecule has 0 aliphatic carbocycles. The summed E-state index contributed by atoms with van der Waals surface area (Å²) in [6.07, 6.45) is 0. The normalized spacial score (nSPS) is 17.0. The predicted octanol–water partition coefficient (Wildman–Crippen LogP) is 14.3. The van der Waals surface area contributed by atoms with Gasteiger partial charge < -0.3 is 13.7 Å². The number of para-hydroxylation sites is 5. The Morgan fingerprint density at radius 2 is 0.737 bits per heavy atom. The molecule has 0 unspecified atom stereocenters. The molecule has 0 fully saturated rings. The highest BCUT2D eigenvalue weighted by atomic mass is 15.0. The fourth-order valence-electron chi connectivity index (χ4n) is 7.73. The first-order chi connectivity index (χ1) is 37.1. The van der Waals surface area contributed by atoms with Crippen molar-refractivity contribution in [1.82, 2.24) is 13.7 Å². The summed E-state index contributed by atoms with van der Waals surface area (Å²) in [6, 6.07) is 9.40. The Kier molecular flexibility index (Phi) is 3.81. The molecule has 57 heavy (non-hydrogen) atoms. The molecule has 12 rings (SSSR count). The van der Waals surface area contributed by atoms with Gasteiger partial charge in [-0.15, -0.1) is 0 Å². The van der Waals surface area contributed by atoms with E-state index in [0.29, 0.717) is 22.5 Å². The van der Waals surface area contributed by atoms with Gasteiger partial charge in [0.05, 0.1) is 67.6 Å². The maximum Gasteiger partial charge on any atom is 0.0652 e. The standard InChI is InChI=1S/C54H35N3/c1-3-15-36(16-4-1)41-19-7-11-23-48(41)57-51-26-14-10-22-44(51)47-35-40(29-32-54(47)57)56-50-25-13-9-21-43(50)46-34-38(28-31-53(46)56)37-27-30-52-45(33-37)42-20-8-12-24-49(42)55(52)39-17-5-2-6-18-39/h1-35H/i8D,9D,10D,12D,13D,14D,20D,21D,22D,24D,25D,26D,27D,28D,29D,30D,31D,32D,33D,34D,35D. The highest BCUT2D eigenvalue weighted by molar-refractivity contribution is 6.14. The summed E-state index contributed by atoms with van der Waals surface area (Å²) in [4.78, 5) is 0. The number of hydrogen-bond acceptors (Lipinski definition) is 0. The van der Waals surface area contributed by atoms with Gasteiger partial charge in [0.1, 0.15) is 0 Å². The lowest BCUT2D eigenvalue weighted by Gasteiger charge is -2.14. The summed E-state index contributed by atoms with van der Waals surface area (Å²) in [6.45, 7) is 0. The fraction of sp³-hybridized carbons (Fsp3) is 0. The molecule has 3 aromatic heterocycles. The second kappa shape index (κ2) is 12.5. The fourth-order valence-corrected chi connectivity index (χ4v) is 7.73. The van der Waals surface area contributed by atoms with Crippen LogP contribution in [-0.4, -0.2) is 13.7 Å². The quantitative estimate of drug-likeness (QED) is 0.167. The van der Waals surface area contributed by atoms with Crippen molar-refractivity contribution in [3.63, 3.8) is 0 Å². The summed E-state index contributed by atoms with van der Waals surface area (Å²) < 4.78 is 200. The van der Waals surface area contributed by atoms with E-state index in [9.17, 15) is 17.8 Å². The monoisotopic (exact) mass is 746 g/mol. The predicted molar refractivity (Wildman–Crippen MR) is 240 cm³/mol. The molecule has 0 spiro atoms. The highest BCUT2D eigenvalue weighted by Gasteiger charge is 2.19. The lowest BCUT2D eigenvalue weighted by molar-refractivity contribution is 1.17. The topological polar surface area (TPSA) is 14.8 Å². The number of aromatic nitrogens is 3. The summed E-state index contributed by atoms with van der Waals surface area (Å²) >= 11 is 0. The Hall–Kier alpha value is -7.62. The lowest BCUT2D eigenvalue weighted by Crippen LogP contribution is -1.98. The maximum atomic E-state index is 10.1. The van der Waals surface area contributed by atoms with Gasteiger partial charge in [-0.2, -0.15) is 0 Å². The van der Waals surface area contributed by atoms with Crippen LogP contribution in [0.15, 0.2) is 212 Å². The smallest absolute Gasteiger partial charge is 0.0652 e. The Morgan fingerprint density at radius 1 is 0.298 bits per heavy atom. The molecule has 266 valence electrons. The van der Waals surface area contributed by atoms with Crippen molar-refractivity contribution < 1.29 is 28.8 Å². The third kappa shape index (κ3) is 4.79. The molecule has 0 aliphatic rings. The Balaban J connectivity index is 1.26. The van der Waals surface area contributed by atoms with Crippen LogP contribution in [-0.2, 0) is 0 Å². The van der Waals surface area contributed by atoms with Crippen LogP contribution in [0.1, 0.15) is 28.8 Å². The zero-order chi connectivity index (χ0) is 55.7. The minimum atomic E-state index is -0.880. The summed E-state index contributed by atoms with van der Waals surface area (Å²) in [5.74, 6) is 0. The molecule has 0 atom stereocenters. The molecule has 0 saturated heterocycles. The molecule has 0 aliphatic heterocycles.